The van der Waals surface area contributed by atoms with Gasteiger partial charge in [-0.1, -0.05) is 6.92 Å². The number of H-pyrrole nitrogens is 1. The van der Waals surface area contributed by atoms with Gasteiger partial charge in [0.2, 0.25) is 5.91 Å². The molecule has 2 amide bonds. The van der Waals surface area contributed by atoms with Crippen LogP contribution >= 0.6 is 0 Å². The Balaban J connectivity index is 1.51. The fraction of sp³-hybridized carbons (Fsp3) is 0.400. The van der Waals surface area contributed by atoms with Crippen molar-refractivity contribution in [3.05, 3.63) is 74.6 Å². The molecule has 4 heterocycles. The van der Waals surface area contributed by atoms with Crippen LogP contribution in [0, 0.1) is 11.6 Å². The third-order valence-corrected chi connectivity index (χ3v) is 7.52. The van der Waals surface area contributed by atoms with Gasteiger partial charge >= 0.3 is 5.69 Å². The summed E-state index contributed by atoms with van der Waals surface area (Å²) in [6.45, 7) is 4.14. The van der Waals surface area contributed by atoms with Crippen LogP contribution in [0.2, 0.25) is 0 Å². The van der Waals surface area contributed by atoms with Crippen molar-refractivity contribution in [3.8, 4) is 11.4 Å². The highest BCUT2D eigenvalue weighted by Crippen LogP contribution is 2.26. The van der Waals surface area contributed by atoms with Gasteiger partial charge in [-0.05, 0) is 49.6 Å². The van der Waals surface area contributed by atoms with Crippen LogP contribution in [-0.2, 0) is 22.6 Å². The Labute approximate surface area is 250 Å². The van der Waals surface area contributed by atoms with Gasteiger partial charge in [0.25, 0.3) is 11.5 Å². The smallest absolute Gasteiger partial charge is 0.330 e. The summed E-state index contributed by atoms with van der Waals surface area (Å²) >= 11 is 0. The largest absolute Gasteiger partial charge is 0.383 e. The number of carbonyl (C=O) groups excluding carboxylic acids is 2. The molecule has 0 unspecified atom stereocenters. The minimum Gasteiger partial charge on any atom is -0.383 e. The SMILES string of the molecule is CCCn1c(-c2ccc(N(CCCN3CCCC3=O)C(=O)c3ccc(F)c(F)c3)nc2)nc2c(=O)[nH]c(=O)n(CCOC)c21. The van der Waals surface area contributed by atoms with Crippen LogP contribution < -0.4 is 16.1 Å². The number of aryl methyl sites for hydroxylation is 1. The summed E-state index contributed by atoms with van der Waals surface area (Å²) < 4.78 is 36.0. The Bertz CT molecular complexity index is 1800. The van der Waals surface area contributed by atoms with Gasteiger partial charge in [-0.2, -0.15) is 0 Å². The molecule has 12 nitrogen and oxygen atoms in total. The number of nitrogens with zero attached hydrogens (tertiary/aromatic N) is 6. The van der Waals surface area contributed by atoms with E-state index in [4.69, 9.17) is 4.74 Å². The lowest BCUT2D eigenvalue weighted by molar-refractivity contribution is -0.127. The molecule has 14 heteroatoms. The zero-order chi connectivity index (χ0) is 31.4. The fourth-order valence-corrected chi connectivity index (χ4v) is 5.38. The molecule has 0 atom stereocenters. The summed E-state index contributed by atoms with van der Waals surface area (Å²) in [5.41, 5.74) is -0.238. The van der Waals surface area contributed by atoms with Crippen LogP contribution in [0.4, 0.5) is 14.6 Å². The Morgan fingerprint density at radius 2 is 1.89 bits per heavy atom. The van der Waals surface area contributed by atoms with Gasteiger partial charge in [-0.3, -0.25) is 28.8 Å². The van der Waals surface area contributed by atoms with E-state index in [0.717, 1.165) is 18.6 Å². The molecule has 5 rings (SSSR count). The van der Waals surface area contributed by atoms with E-state index in [1.807, 2.05) is 6.92 Å². The molecule has 1 aliphatic rings. The summed E-state index contributed by atoms with van der Waals surface area (Å²) in [6, 6.07) is 6.24. The first-order chi connectivity index (χ1) is 21.2. The van der Waals surface area contributed by atoms with Crippen LogP contribution in [0.15, 0.2) is 46.1 Å². The maximum Gasteiger partial charge on any atom is 0.330 e. The highest BCUT2D eigenvalue weighted by molar-refractivity contribution is 6.05. The number of likely N-dealkylation sites (tertiary alicyclic amines) is 1. The number of fused-ring (bicyclic) bond motifs is 1. The molecule has 3 aromatic heterocycles. The molecular weight excluding hydrogens is 576 g/mol. The number of amides is 2. The maximum absolute atomic E-state index is 14.0. The summed E-state index contributed by atoms with van der Waals surface area (Å²) in [5, 5.41) is 0. The third kappa shape index (κ3) is 6.16. The summed E-state index contributed by atoms with van der Waals surface area (Å²) in [6.07, 6.45) is 3.92. The van der Waals surface area contributed by atoms with Gasteiger partial charge in [-0.25, -0.2) is 23.5 Å². The number of rotatable bonds is 12. The van der Waals surface area contributed by atoms with E-state index in [2.05, 4.69) is 15.0 Å². The summed E-state index contributed by atoms with van der Waals surface area (Å²) in [7, 11) is 1.52. The van der Waals surface area contributed by atoms with E-state index in [1.165, 1.54) is 28.8 Å². The van der Waals surface area contributed by atoms with Gasteiger partial charge in [0.05, 0.1) is 13.2 Å². The number of methoxy groups -OCH3 is 1. The van der Waals surface area contributed by atoms with Crippen molar-refractivity contribution in [2.75, 3.05) is 38.3 Å². The number of aromatic nitrogens is 5. The second kappa shape index (κ2) is 13.3. The first kappa shape index (κ1) is 30.7. The van der Waals surface area contributed by atoms with Crippen molar-refractivity contribution in [1.29, 1.82) is 0 Å². The van der Waals surface area contributed by atoms with Gasteiger partial charge in [-0.15, -0.1) is 0 Å². The average Bonchev–Trinajstić information content (AvgIpc) is 3.60. The zero-order valence-electron chi connectivity index (χ0n) is 24.5. The number of ether oxygens (including phenoxy) is 1. The molecular formula is C30H33F2N7O5. The molecule has 232 valence electrons. The van der Waals surface area contributed by atoms with E-state index in [-0.39, 0.29) is 42.5 Å². The summed E-state index contributed by atoms with van der Waals surface area (Å²) in [5.74, 6) is -2.06. The highest BCUT2D eigenvalue weighted by atomic mass is 19.2. The Hall–Kier alpha value is -4.72. The molecule has 0 spiro atoms. The molecule has 1 N–H and O–H groups in total. The number of hydrogen-bond donors (Lipinski definition) is 1. The van der Waals surface area contributed by atoms with Gasteiger partial charge in [0, 0.05) is 57.0 Å². The molecule has 1 saturated heterocycles. The molecule has 0 bridgehead atoms. The molecule has 0 aliphatic carbocycles. The Morgan fingerprint density at radius 1 is 1.07 bits per heavy atom. The predicted molar refractivity (Wildman–Crippen MR) is 158 cm³/mol. The maximum atomic E-state index is 14.0. The van der Waals surface area contributed by atoms with E-state index in [9.17, 15) is 28.0 Å². The van der Waals surface area contributed by atoms with Crippen molar-refractivity contribution in [2.24, 2.45) is 0 Å². The molecule has 1 aromatic carbocycles. The number of hydrogen-bond acceptors (Lipinski definition) is 7. The number of anilines is 1. The molecule has 0 saturated carbocycles. The second-order valence-electron chi connectivity index (χ2n) is 10.5. The number of benzene rings is 1. The van der Waals surface area contributed by atoms with Crippen molar-refractivity contribution in [1.82, 2.24) is 29.0 Å². The standard InChI is InChI=1S/C30H33F2N7O5/c1-3-11-38-26(34-25-27(41)35-30(43)39(28(25)38)15-16-44-2)20-8-10-23(33-18-20)37(14-5-13-36-12-4-6-24(36)40)29(42)19-7-9-21(31)22(32)17-19/h7-10,17-18H,3-6,11-16H2,1-2H3,(H,35,41,43). The Kier molecular flexibility index (Phi) is 9.28. The normalized spacial score (nSPS) is 13.3. The van der Waals surface area contributed by atoms with Crippen molar-refractivity contribution in [2.45, 2.75) is 45.7 Å². The van der Waals surface area contributed by atoms with E-state index >= 15 is 0 Å². The number of aromatic amines is 1. The topological polar surface area (TPSA) is 135 Å². The van der Waals surface area contributed by atoms with Crippen molar-refractivity contribution >= 4 is 28.8 Å². The van der Waals surface area contributed by atoms with E-state index in [0.29, 0.717) is 55.9 Å². The fourth-order valence-electron chi connectivity index (χ4n) is 5.38. The minimum atomic E-state index is -1.14. The van der Waals surface area contributed by atoms with Gasteiger partial charge in [0.1, 0.15) is 11.6 Å². The zero-order valence-corrected chi connectivity index (χ0v) is 24.5. The monoisotopic (exact) mass is 609 g/mol. The van der Waals surface area contributed by atoms with E-state index < -0.39 is 28.8 Å². The molecule has 1 aliphatic heterocycles. The first-order valence-electron chi connectivity index (χ1n) is 14.5. The van der Waals surface area contributed by atoms with Gasteiger partial charge in [0.15, 0.2) is 22.8 Å². The minimum absolute atomic E-state index is 0.0509. The third-order valence-electron chi connectivity index (χ3n) is 7.52. The van der Waals surface area contributed by atoms with Crippen LogP contribution in [-0.4, -0.2) is 74.2 Å². The lowest BCUT2D eigenvalue weighted by Gasteiger charge is -2.24. The molecule has 4 aromatic rings. The molecule has 1 fully saturated rings. The summed E-state index contributed by atoms with van der Waals surface area (Å²) in [4.78, 5) is 65.5. The van der Waals surface area contributed by atoms with Crippen molar-refractivity contribution in [3.63, 3.8) is 0 Å². The number of nitrogens with one attached hydrogen (secondary N) is 1. The van der Waals surface area contributed by atoms with Crippen molar-refractivity contribution < 1.29 is 23.1 Å². The highest BCUT2D eigenvalue weighted by Gasteiger charge is 2.24. The van der Waals surface area contributed by atoms with Crippen LogP contribution in [0.1, 0.15) is 43.0 Å². The lowest BCUT2D eigenvalue weighted by Crippen LogP contribution is -2.35. The van der Waals surface area contributed by atoms with Crippen LogP contribution in [0.5, 0.6) is 0 Å². The predicted octanol–water partition coefficient (Wildman–Crippen LogP) is 2.94. The first-order valence-corrected chi connectivity index (χ1v) is 14.5. The van der Waals surface area contributed by atoms with Crippen LogP contribution in [0.25, 0.3) is 22.6 Å². The van der Waals surface area contributed by atoms with Crippen LogP contribution in [0.3, 0.4) is 0 Å². The molecule has 44 heavy (non-hydrogen) atoms. The number of pyridine rings is 1. The lowest BCUT2D eigenvalue weighted by atomic mass is 10.1. The number of imidazole rings is 1. The second-order valence-corrected chi connectivity index (χ2v) is 10.5. The molecule has 0 radical (unpaired) electrons. The van der Waals surface area contributed by atoms with E-state index in [1.54, 1.807) is 21.6 Å². The average molecular weight is 610 g/mol. The Morgan fingerprint density at radius 3 is 2.55 bits per heavy atom. The number of carbonyl (C=O) groups is 2. The van der Waals surface area contributed by atoms with Gasteiger partial charge < -0.3 is 14.2 Å². The quantitative estimate of drug-likeness (QED) is 0.261. The number of halogens is 2.